The maximum Gasteiger partial charge on any atom is 0.255 e. The molecule has 6 nitrogen and oxygen atoms in total. The van der Waals surface area contributed by atoms with Crippen molar-refractivity contribution >= 4 is 5.91 Å². The molecule has 2 heterocycles. The van der Waals surface area contributed by atoms with Crippen LogP contribution >= 0.6 is 0 Å². The molecule has 24 heavy (non-hydrogen) atoms. The van der Waals surface area contributed by atoms with Crippen LogP contribution in [0.4, 0.5) is 4.39 Å². The molecule has 0 saturated carbocycles. The Hall–Kier alpha value is -2.38. The van der Waals surface area contributed by atoms with Gasteiger partial charge in [0.05, 0.1) is 37.7 Å². The number of aliphatic hydroxyl groups is 1. The van der Waals surface area contributed by atoms with Crippen molar-refractivity contribution in [3.63, 3.8) is 0 Å². The zero-order chi connectivity index (χ0) is 17.0. The summed E-state index contributed by atoms with van der Waals surface area (Å²) >= 11 is 0. The standard InChI is InChI=1S/C17H18FN3O3/c18-15-4-2-1-3-13(15)9-17(12-22)11-21(7-8-24-17)16(23)14-5-6-19-20-10-14/h1-6,10,22H,7-9,11-12H2/t17-/m0/s1. The minimum absolute atomic E-state index is 0.180. The van der Waals surface area contributed by atoms with Crippen molar-refractivity contribution in [2.75, 3.05) is 26.3 Å². The van der Waals surface area contributed by atoms with Crippen molar-refractivity contribution in [1.82, 2.24) is 15.1 Å². The number of carbonyl (C=O) groups excluding carboxylic acids is 1. The van der Waals surface area contributed by atoms with E-state index in [2.05, 4.69) is 10.2 Å². The fraction of sp³-hybridized carbons (Fsp3) is 0.353. The fourth-order valence-electron chi connectivity index (χ4n) is 2.87. The number of hydrogen-bond acceptors (Lipinski definition) is 5. The van der Waals surface area contributed by atoms with E-state index >= 15 is 0 Å². The lowest BCUT2D eigenvalue weighted by atomic mass is 9.92. The number of carbonyl (C=O) groups is 1. The third-order valence-electron chi connectivity index (χ3n) is 4.13. The van der Waals surface area contributed by atoms with Gasteiger partial charge in [-0.15, -0.1) is 0 Å². The largest absolute Gasteiger partial charge is 0.393 e. The predicted octanol–water partition coefficient (Wildman–Crippen LogP) is 1.06. The summed E-state index contributed by atoms with van der Waals surface area (Å²) in [4.78, 5) is 14.2. The van der Waals surface area contributed by atoms with Crippen LogP contribution in [0.5, 0.6) is 0 Å². The molecule has 3 rings (SSSR count). The van der Waals surface area contributed by atoms with Crippen LogP contribution in [0.3, 0.4) is 0 Å². The molecule has 126 valence electrons. The minimum Gasteiger partial charge on any atom is -0.393 e. The number of benzene rings is 1. The molecule has 1 N–H and O–H groups in total. The molecule has 0 unspecified atom stereocenters. The van der Waals surface area contributed by atoms with Gasteiger partial charge in [0.2, 0.25) is 0 Å². The van der Waals surface area contributed by atoms with Crippen LogP contribution in [0.25, 0.3) is 0 Å². The van der Waals surface area contributed by atoms with Gasteiger partial charge in [0.25, 0.3) is 5.91 Å². The Bertz CT molecular complexity index is 713. The molecule has 0 spiro atoms. The predicted molar refractivity (Wildman–Crippen MR) is 83.8 cm³/mol. The smallest absolute Gasteiger partial charge is 0.255 e. The zero-order valence-corrected chi connectivity index (χ0v) is 13.1. The number of ether oxygens (including phenoxy) is 1. The van der Waals surface area contributed by atoms with Crippen molar-refractivity contribution in [2.45, 2.75) is 12.0 Å². The van der Waals surface area contributed by atoms with Gasteiger partial charge in [-0.1, -0.05) is 18.2 Å². The van der Waals surface area contributed by atoms with Crippen LogP contribution in [0.15, 0.2) is 42.7 Å². The Labute approximate surface area is 138 Å². The molecule has 1 atom stereocenters. The number of amides is 1. The molecular weight excluding hydrogens is 313 g/mol. The van der Waals surface area contributed by atoms with E-state index in [-0.39, 0.29) is 37.9 Å². The molecule has 1 aliphatic rings. The molecule has 0 bridgehead atoms. The second-order valence-electron chi connectivity index (χ2n) is 5.82. The van der Waals surface area contributed by atoms with E-state index in [9.17, 15) is 14.3 Å². The van der Waals surface area contributed by atoms with Gasteiger partial charge in [0, 0.05) is 13.0 Å². The lowest BCUT2D eigenvalue weighted by Crippen LogP contribution is -2.56. The molecule has 2 aromatic rings. The van der Waals surface area contributed by atoms with E-state index < -0.39 is 5.60 Å². The highest BCUT2D eigenvalue weighted by Crippen LogP contribution is 2.25. The maximum absolute atomic E-state index is 13.9. The first kappa shape index (κ1) is 16.5. The Balaban J connectivity index is 1.79. The number of hydrogen-bond donors (Lipinski definition) is 1. The molecule has 1 aromatic carbocycles. The van der Waals surface area contributed by atoms with E-state index in [1.807, 2.05) is 0 Å². The SMILES string of the molecule is O=C(c1ccnnc1)N1CCO[C@@](CO)(Cc2ccccc2F)C1. The first-order valence-electron chi connectivity index (χ1n) is 7.68. The second-order valence-corrected chi connectivity index (χ2v) is 5.82. The summed E-state index contributed by atoms with van der Waals surface area (Å²) < 4.78 is 19.7. The molecule has 1 amide bonds. The highest BCUT2D eigenvalue weighted by atomic mass is 19.1. The third kappa shape index (κ3) is 3.42. The van der Waals surface area contributed by atoms with E-state index in [1.165, 1.54) is 18.5 Å². The average Bonchev–Trinajstić information content (AvgIpc) is 2.64. The number of halogens is 1. The summed E-state index contributed by atoms with van der Waals surface area (Å²) in [5.41, 5.74) is -0.146. The maximum atomic E-state index is 13.9. The fourth-order valence-corrected chi connectivity index (χ4v) is 2.87. The van der Waals surface area contributed by atoms with E-state index in [1.54, 1.807) is 29.2 Å². The number of nitrogens with zero attached hydrogens (tertiary/aromatic N) is 3. The van der Waals surface area contributed by atoms with Crippen LogP contribution in [-0.2, 0) is 11.2 Å². The highest BCUT2D eigenvalue weighted by Gasteiger charge is 2.39. The van der Waals surface area contributed by atoms with Gasteiger partial charge in [-0.3, -0.25) is 4.79 Å². The number of rotatable bonds is 4. The molecule has 0 radical (unpaired) electrons. The van der Waals surface area contributed by atoms with Crippen molar-refractivity contribution in [1.29, 1.82) is 0 Å². The van der Waals surface area contributed by atoms with Crippen molar-refractivity contribution < 1.29 is 19.0 Å². The molecule has 1 aliphatic heterocycles. The molecule has 1 saturated heterocycles. The van der Waals surface area contributed by atoms with E-state index in [4.69, 9.17) is 4.74 Å². The number of aliphatic hydroxyl groups excluding tert-OH is 1. The lowest BCUT2D eigenvalue weighted by Gasteiger charge is -2.42. The average molecular weight is 331 g/mol. The molecule has 7 heteroatoms. The normalized spacial score (nSPS) is 20.8. The summed E-state index contributed by atoms with van der Waals surface area (Å²) in [5, 5.41) is 17.2. The van der Waals surface area contributed by atoms with E-state index in [0.717, 1.165) is 0 Å². The van der Waals surface area contributed by atoms with Gasteiger partial charge in [-0.05, 0) is 17.7 Å². The second kappa shape index (κ2) is 7.02. The quantitative estimate of drug-likeness (QED) is 0.907. The van der Waals surface area contributed by atoms with Crippen LogP contribution in [-0.4, -0.2) is 58.0 Å². The molecule has 1 fully saturated rings. The van der Waals surface area contributed by atoms with Gasteiger partial charge in [0.15, 0.2) is 0 Å². The summed E-state index contributed by atoms with van der Waals surface area (Å²) in [6.07, 6.45) is 3.04. The van der Waals surface area contributed by atoms with Crippen molar-refractivity contribution in [3.05, 3.63) is 59.7 Å². The van der Waals surface area contributed by atoms with Gasteiger partial charge < -0.3 is 14.7 Å². The Morgan fingerprint density at radius 2 is 2.17 bits per heavy atom. The summed E-state index contributed by atoms with van der Waals surface area (Å²) in [6.45, 7) is 0.554. The molecular formula is C17H18FN3O3. The zero-order valence-electron chi connectivity index (χ0n) is 13.1. The van der Waals surface area contributed by atoms with Gasteiger partial charge >= 0.3 is 0 Å². The molecule has 1 aromatic heterocycles. The first-order chi connectivity index (χ1) is 11.6. The lowest BCUT2D eigenvalue weighted by molar-refractivity contribution is -0.123. The Kier molecular flexibility index (Phi) is 4.82. The number of aromatic nitrogens is 2. The summed E-state index contributed by atoms with van der Waals surface area (Å²) in [6, 6.07) is 7.96. The number of morpholine rings is 1. The minimum atomic E-state index is -1.02. The van der Waals surface area contributed by atoms with Gasteiger partial charge in [-0.25, -0.2) is 4.39 Å². The Morgan fingerprint density at radius 3 is 2.88 bits per heavy atom. The van der Waals surface area contributed by atoms with Crippen LogP contribution in [0.1, 0.15) is 15.9 Å². The van der Waals surface area contributed by atoms with Crippen LogP contribution in [0.2, 0.25) is 0 Å². The first-order valence-corrected chi connectivity index (χ1v) is 7.68. The monoisotopic (exact) mass is 331 g/mol. The topological polar surface area (TPSA) is 75.6 Å². The highest BCUT2D eigenvalue weighted by molar-refractivity contribution is 5.93. The van der Waals surface area contributed by atoms with Crippen molar-refractivity contribution in [3.8, 4) is 0 Å². The van der Waals surface area contributed by atoms with Crippen LogP contribution in [0, 0.1) is 5.82 Å². The molecule has 0 aliphatic carbocycles. The van der Waals surface area contributed by atoms with Gasteiger partial charge in [-0.2, -0.15) is 10.2 Å². The Morgan fingerprint density at radius 1 is 1.33 bits per heavy atom. The van der Waals surface area contributed by atoms with Gasteiger partial charge in [0.1, 0.15) is 11.4 Å². The van der Waals surface area contributed by atoms with Crippen LogP contribution < -0.4 is 0 Å². The van der Waals surface area contributed by atoms with E-state index in [0.29, 0.717) is 17.7 Å². The van der Waals surface area contributed by atoms with Crippen molar-refractivity contribution in [2.24, 2.45) is 0 Å². The summed E-state index contributed by atoms with van der Waals surface area (Å²) in [7, 11) is 0. The third-order valence-corrected chi connectivity index (χ3v) is 4.13. The summed E-state index contributed by atoms with van der Waals surface area (Å²) in [5.74, 6) is -0.560.